The Morgan fingerprint density at radius 1 is 1.33 bits per heavy atom. The summed E-state index contributed by atoms with van der Waals surface area (Å²) in [4.78, 5) is 8.62. The van der Waals surface area contributed by atoms with Gasteiger partial charge in [0.25, 0.3) is 0 Å². The highest BCUT2D eigenvalue weighted by Crippen LogP contribution is 2.18. The molecule has 0 aliphatic rings. The number of aryl methyl sites for hydroxylation is 2. The van der Waals surface area contributed by atoms with Crippen LogP contribution >= 0.6 is 0 Å². The molecule has 0 aromatic carbocycles. The second-order valence-corrected chi connectivity index (χ2v) is 5.10. The number of aromatic nitrogens is 3. The number of ether oxygens (including phenoxy) is 1. The molecular formula is C16H24N4O. The quantitative estimate of drug-likeness (QED) is 0.758. The summed E-state index contributed by atoms with van der Waals surface area (Å²) in [6, 6.07) is 4.24. The Morgan fingerprint density at radius 2 is 2.10 bits per heavy atom. The highest BCUT2D eigenvalue weighted by atomic mass is 16.5. The summed E-state index contributed by atoms with van der Waals surface area (Å²) in [6.07, 6.45) is 6.69. The van der Waals surface area contributed by atoms with Crippen molar-refractivity contribution < 1.29 is 4.74 Å². The molecule has 0 saturated carbocycles. The molecule has 0 fully saturated rings. The van der Waals surface area contributed by atoms with Crippen LogP contribution in [0.4, 0.5) is 5.95 Å². The average Bonchev–Trinajstić information content (AvgIpc) is 2.84. The Hall–Kier alpha value is -1.88. The summed E-state index contributed by atoms with van der Waals surface area (Å²) < 4.78 is 7.55. The van der Waals surface area contributed by atoms with Gasteiger partial charge in [0.15, 0.2) is 0 Å². The summed E-state index contributed by atoms with van der Waals surface area (Å²) in [5, 5.41) is 3.47. The van der Waals surface area contributed by atoms with Crippen molar-refractivity contribution in [1.82, 2.24) is 14.5 Å². The largest absolute Gasteiger partial charge is 0.382 e. The second-order valence-electron chi connectivity index (χ2n) is 5.10. The van der Waals surface area contributed by atoms with Gasteiger partial charge in [-0.1, -0.05) is 0 Å². The Morgan fingerprint density at radius 3 is 2.81 bits per heavy atom. The fourth-order valence-electron chi connectivity index (χ4n) is 2.24. The maximum absolute atomic E-state index is 5.39. The molecule has 0 amide bonds. The third-order valence-corrected chi connectivity index (χ3v) is 3.34. The van der Waals surface area contributed by atoms with Crippen molar-refractivity contribution in [2.75, 3.05) is 18.5 Å². The molecule has 0 spiro atoms. The molecule has 2 aromatic heterocycles. The van der Waals surface area contributed by atoms with Crippen LogP contribution < -0.4 is 5.32 Å². The van der Waals surface area contributed by atoms with Gasteiger partial charge < -0.3 is 14.6 Å². The van der Waals surface area contributed by atoms with Crippen LogP contribution in [0.1, 0.15) is 37.6 Å². The van der Waals surface area contributed by atoms with Gasteiger partial charge in [-0.25, -0.2) is 4.98 Å². The number of hydrogen-bond donors (Lipinski definition) is 1. The lowest BCUT2D eigenvalue weighted by Gasteiger charge is -2.16. The fourth-order valence-corrected chi connectivity index (χ4v) is 2.24. The zero-order chi connectivity index (χ0) is 15.1. The standard InChI is InChI=1S/C16H24N4O/c1-4-21-11-5-10-20-12-13(2)18-16(20)19-14(3)15-6-8-17-9-7-15/h6-9,12,14H,4-5,10-11H2,1-3H3,(H,18,19). The number of pyridine rings is 1. The van der Waals surface area contributed by atoms with E-state index in [0.717, 1.165) is 37.8 Å². The van der Waals surface area contributed by atoms with Crippen molar-refractivity contribution in [1.29, 1.82) is 0 Å². The SMILES string of the molecule is CCOCCCn1cc(C)nc1NC(C)c1ccncc1. The molecule has 1 atom stereocenters. The lowest BCUT2D eigenvalue weighted by atomic mass is 10.1. The summed E-state index contributed by atoms with van der Waals surface area (Å²) in [5.41, 5.74) is 2.22. The molecule has 2 aromatic rings. The third kappa shape index (κ3) is 4.56. The van der Waals surface area contributed by atoms with Gasteiger partial charge in [0.05, 0.1) is 11.7 Å². The molecule has 0 radical (unpaired) electrons. The molecule has 2 rings (SSSR count). The first-order chi connectivity index (χ1) is 10.2. The van der Waals surface area contributed by atoms with E-state index in [1.54, 1.807) is 0 Å². The Balaban J connectivity index is 1.99. The topological polar surface area (TPSA) is 52.0 Å². The van der Waals surface area contributed by atoms with Crippen molar-refractivity contribution in [2.45, 2.75) is 39.8 Å². The average molecular weight is 288 g/mol. The molecule has 5 nitrogen and oxygen atoms in total. The van der Waals surface area contributed by atoms with Crippen LogP contribution in [0.2, 0.25) is 0 Å². The van der Waals surface area contributed by atoms with Crippen molar-refractivity contribution in [3.63, 3.8) is 0 Å². The predicted octanol–water partition coefficient (Wildman–Crippen LogP) is 3.19. The van der Waals surface area contributed by atoms with Crippen molar-refractivity contribution in [3.05, 3.63) is 42.0 Å². The Labute approximate surface area is 126 Å². The van der Waals surface area contributed by atoms with Crippen LogP contribution in [0.15, 0.2) is 30.7 Å². The zero-order valence-electron chi connectivity index (χ0n) is 13.0. The Kier molecular flexibility index (Phi) is 5.75. The number of nitrogens with one attached hydrogen (secondary N) is 1. The van der Waals surface area contributed by atoms with E-state index in [1.165, 1.54) is 5.56 Å². The zero-order valence-corrected chi connectivity index (χ0v) is 13.0. The number of hydrogen-bond acceptors (Lipinski definition) is 4. The second kappa shape index (κ2) is 7.78. The minimum Gasteiger partial charge on any atom is -0.382 e. The minimum atomic E-state index is 0.195. The van der Waals surface area contributed by atoms with Gasteiger partial charge in [0, 0.05) is 38.3 Å². The highest BCUT2D eigenvalue weighted by Gasteiger charge is 2.10. The molecule has 114 valence electrons. The van der Waals surface area contributed by atoms with Crippen LogP contribution in [0.3, 0.4) is 0 Å². The van der Waals surface area contributed by atoms with Gasteiger partial charge in [-0.3, -0.25) is 4.98 Å². The predicted molar refractivity (Wildman–Crippen MR) is 84.3 cm³/mol. The molecule has 0 aliphatic carbocycles. The number of rotatable bonds is 8. The molecule has 2 heterocycles. The summed E-state index contributed by atoms with van der Waals surface area (Å²) in [5.74, 6) is 0.910. The van der Waals surface area contributed by atoms with E-state index < -0.39 is 0 Å². The van der Waals surface area contributed by atoms with Gasteiger partial charge in [0.1, 0.15) is 0 Å². The first-order valence-electron chi connectivity index (χ1n) is 7.48. The fraction of sp³-hybridized carbons (Fsp3) is 0.500. The number of anilines is 1. The van der Waals surface area contributed by atoms with E-state index in [2.05, 4.69) is 33.0 Å². The van der Waals surface area contributed by atoms with Gasteiger partial charge in [-0.15, -0.1) is 0 Å². The van der Waals surface area contributed by atoms with Crippen molar-refractivity contribution in [2.24, 2.45) is 0 Å². The van der Waals surface area contributed by atoms with Crippen molar-refractivity contribution in [3.8, 4) is 0 Å². The molecular weight excluding hydrogens is 264 g/mol. The molecule has 21 heavy (non-hydrogen) atoms. The minimum absolute atomic E-state index is 0.195. The monoisotopic (exact) mass is 288 g/mol. The van der Waals surface area contributed by atoms with Gasteiger partial charge >= 0.3 is 0 Å². The molecule has 1 N–H and O–H groups in total. The Bertz CT molecular complexity index is 538. The van der Waals surface area contributed by atoms with Gasteiger partial charge in [-0.05, 0) is 44.9 Å². The van der Waals surface area contributed by atoms with Crippen LogP contribution in [-0.2, 0) is 11.3 Å². The van der Waals surface area contributed by atoms with Crippen LogP contribution in [0, 0.1) is 6.92 Å². The number of imidazole rings is 1. The molecule has 5 heteroatoms. The van der Waals surface area contributed by atoms with Crippen LogP contribution in [0.25, 0.3) is 0 Å². The first-order valence-corrected chi connectivity index (χ1v) is 7.48. The summed E-state index contributed by atoms with van der Waals surface area (Å²) >= 11 is 0. The first kappa shape index (κ1) is 15.5. The highest BCUT2D eigenvalue weighted by molar-refractivity contribution is 5.33. The van der Waals surface area contributed by atoms with Crippen LogP contribution in [-0.4, -0.2) is 27.7 Å². The van der Waals surface area contributed by atoms with Crippen LogP contribution in [0.5, 0.6) is 0 Å². The van der Waals surface area contributed by atoms with Crippen molar-refractivity contribution >= 4 is 5.95 Å². The normalized spacial score (nSPS) is 12.3. The van der Waals surface area contributed by atoms with Gasteiger partial charge in [-0.2, -0.15) is 0 Å². The van der Waals surface area contributed by atoms with E-state index in [4.69, 9.17) is 4.74 Å². The molecule has 0 bridgehead atoms. The van der Waals surface area contributed by atoms with E-state index in [9.17, 15) is 0 Å². The summed E-state index contributed by atoms with van der Waals surface area (Å²) in [7, 11) is 0. The molecule has 1 unspecified atom stereocenters. The molecule has 0 saturated heterocycles. The third-order valence-electron chi connectivity index (χ3n) is 3.34. The summed E-state index contributed by atoms with van der Waals surface area (Å²) in [6.45, 7) is 8.63. The lowest BCUT2D eigenvalue weighted by molar-refractivity contribution is 0.142. The smallest absolute Gasteiger partial charge is 0.203 e. The van der Waals surface area contributed by atoms with E-state index >= 15 is 0 Å². The molecule has 0 aliphatic heterocycles. The number of nitrogens with zero attached hydrogens (tertiary/aromatic N) is 3. The van der Waals surface area contributed by atoms with E-state index in [-0.39, 0.29) is 6.04 Å². The van der Waals surface area contributed by atoms with E-state index in [1.807, 2.05) is 38.4 Å². The van der Waals surface area contributed by atoms with Gasteiger partial charge in [0.2, 0.25) is 5.95 Å². The lowest BCUT2D eigenvalue weighted by Crippen LogP contribution is -2.12. The maximum Gasteiger partial charge on any atom is 0.203 e. The van der Waals surface area contributed by atoms with E-state index in [0.29, 0.717) is 0 Å². The maximum atomic E-state index is 5.39.